The zero-order valence-corrected chi connectivity index (χ0v) is 14.1. The molecule has 4 heteroatoms. The third-order valence-corrected chi connectivity index (χ3v) is 3.95. The fourth-order valence-electron chi connectivity index (χ4n) is 1.78. The van der Waals surface area contributed by atoms with Gasteiger partial charge in [0.15, 0.2) is 5.78 Å². The number of methoxy groups -OCH3 is 1. The smallest absolute Gasteiger partial charge is 0.170 e. The van der Waals surface area contributed by atoms with Crippen molar-refractivity contribution in [3.8, 4) is 5.75 Å². The second-order valence-corrected chi connectivity index (χ2v) is 6.23. The molecule has 2 aromatic carbocycles. The standard InChI is InChI=1S/C15H12BrIO2/c1-19-15-9-11(16)4-7-13(15)14(18)8-10-2-5-12(17)6-3-10/h2-7,9H,8H2,1H3. The van der Waals surface area contributed by atoms with Gasteiger partial charge in [0, 0.05) is 14.5 Å². The summed E-state index contributed by atoms with van der Waals surface area (Å²) in [6.07, 6.45) is 0.384. The molecule has 0 aliphatic rings. The van der Waals surface area contributed by atoms with Crippen molar-refractivity contribution in [1.29, 1.82) is 0 Å². The van der Waals surface area contributed by atoms with Crippen LogP contribution in [0.1, 0.15) is 15.9 Å². The maximum atomic E-state index is 12.3. The van der Waals surface area contributed by atoms with Crippen LogP contribution in [0.5, 0.6) is 5.75 Å². The highest BCUT2D eigenvalue weighted by Gasteiger charge is 2.13. The summed E-state index contributed by atoms with van der Waals surface area (Å²) in [5.41, 5.74) is 1.62. The zero-order valence-electron chi connectivity index (χ0n) is 10.3. The van der Waals surface area contributed by atoms with E-state index in [4.69, 9.17) is 4.74 Å². The van der Waals surface area contributed by atoms with Gasteiger partial charge in [0.2, 0.25) is 0 Å². The Kier molecular flexibility index (Phi) is 4.99. The zero-order chi connectivity index (χ0) is 13.8. The largest absolute Gasteiger partial charge is 0.496 e. The molecule has 2 rings (SSSR count). The van der Waals surface area contributed by atoms with E-state index in [2.05, 4.69) is 38.5 Å². The molecule has 0 heterocycles. The van der Waals surface area contributed by atoms with Gasteiger partial charge in [-0.2, -0.15) is 0 Å². The molecule has 0 spiro atoms. The quantitative estimate of drug-likeness (QED) is 0.527. The number of rotatable bonds is 4. The fraction of sp³-hybridized carbons (Fsp3) is 0.133. The maximum Gasteiger partial charge on any atom is 0.170 e. The Morgan fingerprint density at radius 3 is 2.53 bits per heavy atom. The monoisotopic (exact) mass is 430 g/mol. The minimum atomic E-state index is 0.0607. The Bertz CT molecular complexity index is 594. The molecule has 0 saturated carbocycles. The first kappa shape index (κ1) is 14.5. The van der Waals surface area contributed by atoms with Gasteiger partial charge in [-0.15, -0.1) is 0 Å². The third kappa shape index (κ3) is 3.79. The summed E-state index contributed by atoms with van der Waals surface area (Å²) in [5.74, 6) is 0.662. The molecular formula is C15H12BrIO2. The third-order valence-electron chi connectivity index (χ3n) is 2.74. The predicted octanol–water partition coefficient (Wildman–Crippen LogP) is 4.49. The highest BCUT2D eigenvalue weighted by Crippen LogP contribution is 2.24. The number of ether oxygens (including phenoxy) is 1. The molecule has 0 fully saturated rings. The van der Waals surface area contributed by atoms with Crippen LogP contribution in [-0.4, -0.2) is 12.9 Å². The molecular weight excluding hydrogens is 419 g/mol. The number of carbonyl (C=O) groups is 1. The number of benzene rings is 2. The van der Waals surface area contributed by atoms with Crippen molar-refractivity contribution in [1.82, 2.24) is 0 Å². The first-order chi connectivity index (χ1) is 9.10. The lowest BCUT2D eigenvalue weighted by Crippen LogP contribution is -2.05. The van der Waals surface area contributed by atoms with E-state index in [0.29, 0.717) is 17.7 Å². The molecule has 2 aromatic rings. The molecule has 0 radical (unpaired) electrons. The van der Waals surface area contributed by atoms with Crippen LogP contribution in [0.2, 0.25) is 0 Å². The van der Waals surface area contributed by atoms with E-state index in [-0.39, 0.29) is 5.78 Å². The second-order valence-electron chi connectivity index (χ2n) is 4.07. The van der Waals surface area contributed by atoms with Gasteiger partial charge in [-0.05, 0) is 58.5 Å². The summed E-state index contributed by atoms with van der Waals surface area (Å²) in [6, 6.07) is 13.4. The summed E-state index contributed by atoms with van der Waals surface area (Å²) in [6.45, 7) is 0. The molecule has 0 aliphatic heterocycles. The Morgan fingerprint density at radius 1 is 1.21 bits per heavy atom. The van der Waals surface area contributed by atoms with Crippen molar-refractivity contribution < 1.29 is 9.53 Å². The van der Waals surface area contributed by atoms with Gasteiger partial charge < -0.3 is 4.74 Å². The average molecular weight is 431 g/mol. The van der Waals surface area contributed by atoms with Gasteiger partial charge in [0.1, 0.15) is 5.75 Å². The Hall–Kier alpha value is -0.880. The van der Waals surface area contributed by atoms with E-state index >= 15 is 0 Å². The molecule has 0 unspecified atom stereocenters. The van der Waals surface area contributed by atoms with Crippen LogP contribution in [0.3, 0.4) is 0 Å². The van der Waals surface area contributed by atoms with Gasteiger partial charge in [-0.1, -0.05) is 28.1 Å². The molecule has 19 heavy (non-hydrogen) atoms. The summed E-state index contributed by atoms with van der Waals surface area (Å²) in [4.78, 5) is 12.3. The van der Waals surface area contributed by atoms with Crippen molar-refractivity contribution in [2.45, 2.75) is 6.42 Å². The van der Waals surface area contributed by atoms with E-state index in [1.165, 1.54) is 0 Å². The van der Waals surface area contributed by atoms with Crippen molar-refractivity contribution in [2.24, 2.45) is 0 Å². The first-order valence-corrected chi connectivity index (χ1v) is 7.58. The molecule has 2 nitrogen and oxygen atoms in total. The van der Waals surface area contributed by atoms with Crippen LogP contribution in [-0.2, 0) is 6.42 Å². The highest BCUT2D eigenvalue weighted by atomic mass is 127. The lowest BCUT2D eigenvalue weighted by atomic mass is 10.0. The molecule has 0 aliphatic carbocycles. The Balaban J connectivity index is 2.22. The van der Waals surface area contributed by atoms with E-state index in [0.717, 1.165) is 13.6 Å². The minimum Gasteiger partial charge on any atom is -0.496 e. The van der Waals surface area contributed by atoms with Gasteiger partial charge in [0.05, 0.1) is 12.7 Å². The number of Topliss-reactive ketones (excluding diaryl/α,β-unsaturated/α-hetero) is 1. The van der Waals surface area contributed by atoms with Crippen molar-refractivity contribution in [2.75, 3.05) is 7.11 Å². The van der Waals surface area contributed by atoms with E-state index in [9.17, 15) is 4.79 Å². The first-order valence-electron chi connectivity index (χ1n) is 5.71. The molecule has 98 valence electrons. The van der Waals surface area contributed by atoms with E-state index in [1.807, 2.05) is 30.3 Å². The van der Waals surface area contributed by atoms with Crippen LogP contribution >= 0.6 is 38.5 Å². The topological polar surface area (TPSA) is 26.3 Å². The Morgan fingerprint density at radius 2 is 1.89 bits per heavy atom. The lowest BCUT2D eigenvalue weighted by molar-refractivity contribution is 0.0990. The number of halogens is 2. The fourth-order valence-corrected chi connectivity index (χ4v) is 2.48. The number of hydrogen-bond acceptors (Lipinski definition) is 2. The van der Waals surface area contributed by atoms with Crippen molar-refractivity contribution in [3.05, 3.63) is 61.6 Å². The molecule has 0 amide bonds. The number of hydrogen-bond donors (Lipinski definition) is 0. The molecule has 0 aromatic heterocycles. The average Bonchev–Trinajstić information content (AvgIpc) is 2.41. The van der Waals surface area contributed by atoms with E-state index < -0.39 is 0 Å². The van der Waals surface area contributed by atoms with E-state index in [1.54, 1.807) is 19.2 Å². The normalized spacial score (nSPS) is 10.3. The van der Waals surface area contributed by atoms with Crippen LogP contribution < -0.4 is 4.74 Å². The van der Waals surface area contributed by atoms with Crippen molar-refractivity contribution in [3.63, 3.8) is 0 Å². The second kappa shape index (κ2) is 6.52. The van der Waals surface area contributed by atoms with Crippen LogP contribution in [0.4, 0.5) is 0 Å². The summed E-state index contributed by atoms with van der Waals surface area (Å²) < 4.78 is 7.31. The van der Waals surface area contributed by atoms with Crippen LogP contribution in [0.25, 0.3) is 0 Å². The van der Waals surface area contributed by atoms with Crippen LogP contribution in [0, 0.1) is 3.57 Å². The predicted molar refractivity (Wildman–Crippen MR) is 87.9 cm³/mol. The minimum absolute atomic E-state index is 0.0607. The van der Waals surface area contributed by atoms with Gasteiger partial charge in [-0.25, -0.2) is 0 Å². The summed E-state index contributed by atoms with van der Waals surface area (Å²) >= 11 is 5.62. The molecule has 0 N–H and O–H groups in total. The molecule has 0 atom stereocenters. The maximum absolute atomic E-state index is 12.3. The lowest BCUT2D eigenvalue weighted by Gasteiger charge is -2.08. The summed E-state index contributed by atoms with van der Waals surface area (Å²) in [5, 5.41) is 0. The van der Waals surface area contributed by atoms with Crippen LogP contribution in [0.15, 0.2) is 46.9 Å². The number of ketones is 1. The number of carbonyl (C=O) groups excluding carboxylic acids is 1. The van der Waals surface area contributed by atoms with Gasteiger partial charge in [0.25, 0.3) is 0 Å². The van der Waals surface area contributed by atoms with Gasteiger partial charge in [-0.3, -0.25) is 4.79 Å². The summed E-state index contributed by atoms with van der Waals surface area (Å²) in [7, 11) is 1.57. The molecule has 0 bridgehead atoms. The van der Waals surface area contributed by atoms with Gasteiger partial charge >= 0.3 is 0 Å². The van der Waals surface area contributed by atoms with Crippen molar-refractivity contribution >= 4 is 44.3 Å². The highest BCUT2D eigenvalue weighted by molar-refractivity contribution is 14.1. The SMILES string of the molecule is COc1cc(Br)ccc1C(=O)Cc1ccc(I)cc1. The Labute approximate surface area is 134 Å². The molecule has 0 saturated heterocycles.